The Morgan fingerprint density at radius 1 is 1.50 bits per heavy atom. The fraction of sp³-hybridized carbons (Fsp3) is 0.571. The van der Waals surface area contributed by atoms with Gasteiger partial charge in [0.2, 0.25) is 0 Å². The van der Waals surface area contributed by atoms with Gasteiger partial charge in [0.15, 0.2) is 0 Å². The van der Waals surface area contributed by atoms with Crippen LogP contribution in [0.1, 0.15) is 37.1 Å². The van der Waals surface area contributed by atoms with Crippen LogP contribution in [0.15, 0.2) is 24.3 Å². The van der Waals surface area contributed by atoms with E-state index in [0.717, 1.165) is 37.9 Å². The summed E-state index contributed by atoms with van der Waals surface area (Å²) in [5, 5.41) is 3.27. The van der Waals surface area contributed by atoms with Crippen LogP contribution in [-0.2, 0) is 6.42 Å². The van der Waals surface area contributed by atoms with Crippen LogP contribution >= 0.6 is 0 Å². The van der Waals surface area contributed by atoms with Crippen molar-refractivity contribution in [2.75, 3.05) is 13.1 Å². The first-order chi connectivity index (χ1) is 7.81. The van der Waals surface area contributed by atoms with Crippen LogP contribution in [0.5, 0.6) is 0 Å². The number of piperidine rings is 1. The molecule has 1 aliphatic heterocycles. The van der Waals surface area contributed by atoms with Gasteiger partial charge in [-0.1, -0.05) is 31.2 Å². The number of aryl methyl sites for hydroxylation is 1. The Kier molecular flexibility index (Phi) is 3.94. The highest BCUT2D eigenvalue weighted by molar-refractivity contribution is 5.25. The lowest BCUT2D eigenvalue weighted by Crippen LogP contribution is -2.32. The fourth-order valence-corrected chi connectivity index (χ4v) is 2.39. The summed E-state index contributed by atoms with van der Waals surface area (Å²) in [6, 6.07) is 7.96. The maximum Gasteiger partial charge on any atom is 0.129 e. The summed E-state index contributed by atoms with van der Waals surface area (Å²) >= 11 is 0. The van der Waals surface area contributed by atoms with Crippen molar-refractivity contribution >= 4 is 0 Å². The van der Waals surface area contributed by atoms with Crippen LogP contribution in [-0.4, -0.2) is 13.1 Å². The second-order valence-electron chi connectivity index (χ2n) is 4.61. The standard InChI is InChI=1S/C14H20FN/c1-2-11-5-3-6-12(9-11)14(15)13-7-4-8-16-10-13/h3,5-6,9,13-14,16H,2,4,7-8,10H2,1H3. The molecule has 0 bridgehead atoms. The predicted molar refractivity (Wildman–Crippen MR) is 65.3 cm³/mol. The molecule has 1 aromatic carbocycles. The molecule has 0 radical (unpaired) electrons. The Morgan fingerprint density at radius 2 is 2.38 bits per heavy atom. The second-order valence-corrected chi connectivity index (χ2v) is 4.61. The zero-order chi connectivity index (χ0) is 11.4. The van der Waals surface area contributed by atoms with Crippen LogP contribution < -0.4 is 5.32 Å². The summed E-state index contributed by atoms with van der Waals surface area (Å²) < 4.78 is 14.3. The topological polar surface area (TPSA) is 12.0 Å². The Morgan fingerprint density at radius 3 is 3.06 bits per heavy atom. The van der Waals surface area contributed by atoms with E-state index in [1.807, 2.05) is 18.2 Å². The van der Waals surface area contributed by atoms with Crippen LogP contribution in [0.25, 0.3) is 0 Å². The van der Waals surface area contributed by atoms with Crippen molar-refractivity contribution in [2.45, 2.75) is 32.4 Å². The van der Waals surface area contributed by atoms with Crippen molar-refractivity contribution in [1.29, 1.82) is 0 Å². The molecule has 1 nitrogen and oxygen atoms in total. The van der Waals surface area contributed by atoms with Gasteiger partial charge in [-0.3, -0.25) is 0 Å². The number of alkyl halides is 1. The number of benzene rings is 1. The van der Waals surface area contributed by atoms with Crippen molar-refractivity contribution < 1.29 is 4.39 Å². The number of nitrogens with one attached hydrogen (secondary N) is 1. The first kappa shape index (κ1) is 11.6. The molecule has 1 N–H and O–H groups in total. The molecule has 2 rings (SSSR count). The minimum absolute atomic E-state index is 0.154. The molecule has 1 heterocycles. The minimum Gasteiger partial charge on any atom is -0.316 e. The molecular formula is C14H20FN. The van der Waals surface area contributed by atoms with Crippen LogP contribution in [0, 0.1) is 5.92 Å². The van der Waals surface area contributed by atoms with Gasteiger partial charge < -0.3 is 5.32 Å². The van der Waals surface area contributed by atoms with Gasteiger partial charge in [-0.25, -0.2) is 4.39 Å². The van der Waals surface area contributed by atoms with Gasteiger partial charge >= 0.3 is 0 Å². The molecule has 0 aliphatic carbocycles. The highest BCUT2D eigenvalue weighted by Gasteiger charge is 2.24. The largest absolute Gasteiger partial charge is 0.316 e. The van der Waals surface area contributed by atoms with E-state index in [1.54, 1.807) is 0 Å². The Hall–Kier alpha value is -0.890. The molecule has 0 saturated carbocycles. The average molecular weight is 221 g/mol. The van der Waals surface area contributed by atoms with Gasteiger partial charge in [0.1, 0.15) is 6.17 Å². The zero-order valence-electron chi connectivity index (χ0n) is 9.88. The highest BCUT2D eigenvalue weighted by atomic mass is 19.1. The maximum atomic E-state index is 14.3. The second kappa shape index (κ2) is 5.44. The van der Waals surface area contributed by atoms with Gasteiger partial charge in [0.25, 0.3) is 0 Å². The first-order valence-corrected chi connectivity index (χ1v) is 6.25. The number of halogens is 1. The van der Waals surface area contributed by atoms with Crippen LogP contribution in [0.4, 0.5) is 4.39 Å². The van der Waals surface area contributed by atoms with E-state index in [9.17, 15) is 4.39 Å². The summed E-state index contributed by atoms with van der Waals surface area (Å²) in [6.07, 6.45) is 2.27. The monoisotopic (exact) mass is 221 g/mol. The summed E-state index contributed by atoms with van der Waals surface area (Å²) in [5.41, 5.74) is 2.08. The number of rotatable bonds is 3. The lowest BCUT2D eigenvalue weighted by molar-refractivity contribution is 0.194. The van der Waals surface area contributed by atoms with Gasteiger partial charge in [-0.2, -0.15) is 0 Å². The van der Waals surface area contributed by atoms with Gasteiger partial charge in [0.05, 0.1) is 0 Å². The van der Waals surface area contributed by atoms with E-state index in [-0.39, 0.29) is 5.92 Å². The van der Waals surface area contributed by atoms with Crippen molar-refractivity contribution in [3.8, 4) is 0 Å². The molecule has 0 aromatic heterocycles. The van der Waals surface area contributed by atoms with E-state index in [2.05, 4.69) is 18.3 Å². The van der Waals surface area contributed by atoms with Crippen molar-refractivity contribution in [1.82, 2.24) is 5.32 Å². The smallest absolute Gasteiger partial charge is 0.129 e. The molecule has 2 atom stereocenters. The highest BCUT2D eigenvalue weighted by Crippen LogP contribution is 2.31. The van der Waals surface area contributed by atoms with Crippen molar-refractivity contribution in [3.05, 3.63) is 35.4 Å². The van der Waals surface area contributed by atoms with E-state index in [0.29, 0.717) is 0 Å². The van der Waals surface area contributed by atoms with Crippen molar-refractivity contribution in [2.24, 2.45) is 5.92 Å². The SMILES string of the molecule is CCc1cccc(C(F)C2CCCNC2)c1. The lowest BCUT2D eigenvalue weighted by Gasteiger charge is -2.26. The van der Waals surface area contributed by atoms with E-state index < -0.39 is 6.17 Å². The molecule has 2 unspecified atom stereocenters. The predicted octanol–water partition coefficient (Wildman–Crippen LogP) is 3.26. The molecule has 1 fully saturated rings. The van der Waals surface area contributed by atoms with E-state index >= 15 is 0 Å². The minimum atomic E-state index is -0.806. The molecule has 0 spiro atoms. The Balaban J connectivity index is 2.09. The summed E-state index contributed by atoms with van der Waals surface area (Å²) in [7, 11) is 0. The molecule has 0 amide bonds. The van der Waals surface area contributed by atoms with Crippen molar-refractivity contribution in [3.63, 3.8) is 0 Å². The first-order valence-electron chi connectivity index (χ1n) is 6.25. The summed E-state index contributed by atoms with van der Waals surface area (Å²) in [4.78, 5) is 0. The zero-order valence-corrected chi connectivity index (χ0v) is 9.88. The molecule has 1 saturated heterocycles. The average Bonchev–Trinajstić information content (AvgIpc) is 2.39. The third-order valence-electron chi connectivity index (χ3n) is 3.43. The quantitative estimate of drug-likeness (QED) is 0.826. The third kappa shape index (κ3) is 2.62. The van der Waals surface area contributed by atoms with Crippen LogP contribution in [0.3, 0.4) is 0 Å². The molecule has 2 heteroatoms. The molecule has 16 heavy (non-hydrogen) atoms. The fourth-order valence-electron chi connectivity index (χ4n) is 2.39. The normalized spacial score (nSPS) is 23.0. The Bertz CT molecular complexity index is 331. The van der Waals surface area contributed by atoms with Gasteiger partial charge in [-0.05, 0) is 36.9 Å². The van der Waals surface area contributed by atoms with Gasteiger partial charge in [0, 0.05) is 12.5 Å². The number of hydrogen-bond acceptors (Lipinski definition) is 1. The molecule has 1 aliphatic rings. The third-order valence-corrected chi connectivity index (χ3v) is 3.43. The molecule has 1 aromatic rings. The maximum absolute atomic E-state index is 14.3. The lowest BCUT2D eigenvalue weighted by atomic mass is 9.90. The van der Waals surface area contributed by atoms with Crippen LogP contribution in [0.2, 0.25) is 0 Å². The molecule has 88 valence electrons. The Labute approximate surface area is 97.1 Å². The van der Waals surface area contributed by atoms with E-state index in [4.69, 9.17) is 0 Å². The molecular weight excluding hydrogens is 201 g/mol. The van der Waals surface area contributed by atoms with Gasteiger partial charge in [-0.15, -0.1) is 0 Å². The summed E-state index contributed by atoms with van der Waals surface area (Å²) in [5.74, 6) is 0.154. The van der Waals surface area contributed by atoms with E-state index in [1.165, 1.54) is 5.56 Å². The summed E-state index contributed by atoms with van der Waals surface area (Å²) in [6.45, 7) is 3.96. The number of hydrogen-bond donors (Lipinski definition) is 1.